The summed E-state index contributed by atoms with van der Waals surface area (Å²) in [6, 6.07) is 8.35. The summed E-state index contributed by atoms with van der Waals surface area (Å²) in [6.45, 7) is 9.81. The number of halogens is 2. The van der Waals surface area contributed by atoms with Crippen molar-refractivity contribution in [3.8, 4) is 22.6 Å². The number of hydrogen-bond acceptors (Lipinski definition) is 3. The van der Waals surface area contributed by atoms with Gasteiger partial charge in [0.1, 0.15) is 0 Å². The maximum atomic E-state index is 13.1. The minimum atomic E-state index is -3.60. The first-order chi connectivity index (χ1) is 10.6. The number of nitrogens with zero attached hydrogens (tertiary/aromatic N) is 1. The minimum absolute atomic E-state index is 0.0424. The van der Waals surface area contributed by atoms with Crippen molar-refractivity contribution in [1.29, 1.82) is 0 Å². The number of rotatable bonds is 1. The number of benzene rings is 1. The molecule has 0 fully saturated rings. The third-order valence-electron chi connectivity index (χ3n) is 2.73. The van der Waals surface area contributed by atoms with Crippen LogP contribution >= 0.6 is 0 Å². The van der Waals surface area contributed by atoms with Gasteiger partial charge in [0.15, 0.2) is 11.5 Å². The zero-order chi connectivity index (χ0) is 16.8. The predicted octanol–water partition coefficient (Wildman–Crippen LogP) is 5.43. The average Bonchev–Trinajstić information content (AvgIpc) is 2.86. The highest BCUT2D eigenvalue weighted by Crippen LogP contribution is 2.47. The van der Waals surface area contributed by atoms with Crippen molar-refractivity contribution in [3.63, 3.8) is 0 Å². The van der Waals surface area contributed by atoms with Gasteiger partial charge in [0, 0.05) is 23.0 Å². The molecule has 0 unspecified atom stereocenters. The Morgan fingerprint density at radius 2 is 1.55 bits per heavy atom. The lowest BCUT2D eigenvalue weighted by Gasteiger charge is -2.08. The van der Waals surface area contributed by atoms with Crippen molar-refractivity contribution in [2.45, 2.75) is 40.9 Å². The standard InChI is InChI=1S/C13H9F2NO2.2C2H6/c1-8-9(5-3-7-16-8)10-4-2-6-11-12(10)18-13(14,15)17-11;2*1-2/h2-7H,1H3;2*1-2H3. The van der Waals surface area contributed by atoms with E-state index in [-0.39, 0.29) is 11.5 Å². The van der Waals surface area contributed by atoms with Crippen molar-refractivity contribution in [3.05, 3.63) is 42.2 Å². The van der Waals surface area contributed by atoms with E-state index in [0.29, 0.717) is 5.56 Å². The van der Waals surface area contributed by atoms with Crippen LogP contribution in [-0.4, -0.2) is 11.3 Å². The van der Waals surface area contributed by atoms with Gasteiger partial charge in [0.2, 0.25) is 0 Å². The van der Waals surface area contributed by atoms with Crippen molar-refractivity contribution in [1.82, 2.24) is 4.98 Å². The van der Waals surface area contributed by atoms with E-state index >= 15 is 0 Å². The number of aryl methyl sites for hydroxylation is 1. The quantitative estimate of drug-likeness (QED) is 0.703. The molecule has 0 saturated carbocycles. The van der Waals surface area contributed by atoms with E-state index in [2.05, 4.69) is 14.5 Å². The predicted molar refractivity (Wildman–Crippen MR) is 83.3 cm³/mol. The Balaban J connectivity index is 0.000000561. The lowest BCUT2D eigenvalue weighted by Crippen LogP contribution is -2.26. The molecule has 3 rings (SSSR count). The van der Waals surface area contributed by atoms with Crippen molar-refractivity contribution < 1.29 is 18.3 Å². The second kappa shape index (κ2) is 7.73. The molecule has 0 atom stereocenters. The molecule has 0 saturated heterocycles. The van der Waals surface area contributed by atoms with Crippen molar-refractivity contribution in [2.75, 3.05) is 0 Å². The van der Waals surface area contributed by atoms with Gasteiger partial charge in [-0.25, -0.2) is 0 Å². The summed E-state index contributed by atoms with van der Waals surface area (Å²) in [6.07, 6.45) is -1.96. The summed E-state index contributed by atoms with van der Waals surface area (Å²) >= 11 is 0. The molecule has 0 spiro atoms. The molecule has 1 aromatic carbocycles. The average molecular weight is 309 g/mol. The van der Waals surface area contributed by atoms with E-state index in [4.69, 9.17) is 0 Å². The number of hydrogen-bond donors (Lipinski definition) is 0. The van der Waals surface area contributed by atoms with Crippen LogP contribution in [0.3, 0.4) is 0 Å². The van der Waals surface area contributed by atoms with E-state index in [1.54, 1.807) is 30.5 Å². The smallest absolute Gasteiger partial charge is 0.395 e. The third kappa shape index (κ3) is 3.72. The molecule has 0 N–H and O–H groups in total. The number of aromatic nitrogens is 1. The van der Waals surface area contributed by atoms with E-state index in [9.17, 15) is 8.78 Å². The van der Waals surface area contributed by atoms with Crippen molar-refractivity contribution >= 4 is 0 Å². The van der Waals surface area contributed by atoms with Crippen molar-refractivity contribution in [2.24, 2.45) is 0 Å². The topological polar surface area (TPSA) is 31.4 Å². The largest absolute Gasteiger partial charge is 0.586 e. The molecule has 22 heavy (non-hydrogen) atoms. The summed E-state index contributed by atoms with van der Waals surface area (Å²) in [5, 5.41) is 0. The van der Waals surface area contributed by atoms with Crippen LogP contribution in [0.5, 0.6) is 11.5 Å². The highest BCUT2D eigenvalue weighted by Gasteiger charge is 2.44. The van der Waals surface area contributed by atoms with Crippen LogP contribution in [0, 0.1) is 6.92 Å². The van der Waals surface area contributed by atoms with Crippen LogP contribution in [0.15, 0.2) is 36.5 Å². The molecule has 0 aliphatic carbocycles. The molecule has 1 aliphatic rings. The SMILES string of the molecule is CC.CC.Cc1ncccc1-c1cccc2c1OC(F)(F)O2. The Morgan fingerprint density at radius 3 is 2.18 bits per heavy atom. The Bertz CT molecular complexity index is 615. The molecule has 3 nitrogen and oxygen atoms in total. The van der Waals surface area contributed by atoms with Gasteiger partial charge in [-0.15, -0.1) is 8.78 Å². The van der Waals surface area contributed by atoms with Gasteiger partial charge in [-0.05, 0) is 19.1 Å². The maximum Gasteiger partial charge on any atom is 0.586 e. The highest BCUT2D eigenvalue weighted by molar-refractivity contribution is 5.75. The van der Waals surface area contributed by atoms with Gasteiger partial charge in [-0.2, -0.15) is 0 Å². The third-order valence-corrected chi connectivity index (χ3v) is 2.73. The van der Waals surface area contributed by atoms with Crippen LogP contribution in [0.2, 0.25) is 0 Å². The Morgan fingerprint density at radius 1 is 0.909 bits per heavy atom. The van der Waals surface area contributed by atoms with Gasteiger partial charge in [0.25, 0.3) is 0 Å². The summed E-state index contributed by atoms with van der Waals surface area (Å²) in [7, 11) is 0. The monoisotopic (exact) mass is 309 g/mol. The van der Waals surface area contributed by atoms with Crippen LogP contribution in [0.4, 0.5) is 8.78 Å². The Hall–Kier alpha value is -2.17. The molecular weight excluding hydrogens is 288 g/mol. The van der Waals surface area contributed by atoms with Gasteiger partial charge < -0.3 is 9.47 Å². The molecule has 5 heteroatoms. The lowest BCUT2D eigenvalue weighted by atomic mass is 10.0. The zero-order valence-electron chi connectivity index (χ0n) is 13.5. The van der Waals surface area contributed by atoms with Crippen LogP contribution < -0.4 is 9.47 Å². The first kappa shape index (κ1) is 17.9. The number of alkyl halides is 2. The highest BCUT2D eigenvalue weighted by atomic mass is 19.3. The van der Waals surface area contributed by atoms with E-state index in [0.717, 1.165) is 11.3 Å². The first-order valence-corrected chi connectivity index (χ1v) is 7.38. The van der Waals surface area contributed by atoms with Crippen LogP contribution in [-0.2, 0) is 0 Å². The fourth-order valence-electron chi connectivity index (χ4n) is 1.95. The molecule has 0 radical (unpaired) electrons. The number of fused-ring (bicyclic) bond motifs is 1. The first-order valence-electron chi connectivity index (χ1n) is 7.38. The number of para-hydroxylation sites is 1. The number of pyridine rings is 1. The molecule has 0 bridgehead atoms. The molecule has 2 aromatic rings. The lowest BCUT2D eigenvalue weighted by molar-refractivity contribution is -0.286. The second-order valence-corrected chi connectivity index (χ2v) is 3.94. The van der Waals surface area contributed by atoms with E-state index < -0.39 is 6.29 Å². The van der Waals surface area contributed by atoms with Gasteiger partial charge >= 0.3 is 6.29 Å². The molecule has 2 heterocycles. The molecular formula is C17H21F2NO2. The second-order valence-electron chi connectivity index (χ2n) is 3.94. The maximum absolute atomic E-state index is 13.1. The fraction of sp³-hybridized carbons (Fsp3) is 0.353. The number of ether oxygens (including phenoxy) is 2. The van der Waals surface area contributed by atoms with Crippen LogP contribution in [0.25, 0.3) is 11.1 Å². The molecule has 1 aromatic heterocycles. The summed E-state index contributed by atoms with van der Waals surface area (Å²) in [5.74, 6) is 0.0966. The van der Waals surface area contributed by atoms with E-state index in [1.807, 2.05) is 34.6 Å². The Kier molecular flexibility index (Phi) is 6.28. The van der Waals surface area contributed by atoms with Gasteiger partial charge in [-0.1, -0.05) is 45.9 Å². The van der Waals surface area contributed by atoms with Gasteiger partial charge in [0.05, 0.1) is 0 Å². The summed E-state index contributed by atoms with van der Waals surface area (Å²) in [5.41, 5.74) is 2.04. The van der Waals surface area contributed by atoms with Crippen LogP contribution in [0.1, 0.15) is 33.4 Å². The molecule has 120 valence electrons. The summed E-state index contributed by atoms with van der Waals surface area (Å²) in [4.78, 5) is 4.13. The zero-order valence-corrected chi connectivity index (χ0v) is 13.5. The minimum Gasteiger partial charge on any atom is -0.395 e. The van der Waals surface area contributed by atoms with E-state index in [1.165, 1.54) is 6.07 Å². The Labute approximate surface area is 129 Å². The summed E-state index contributed by atoms with van der Waals surface area (Å²) < 4.78 is 35.1. The van der Waals surface area contributed by atoms with Gasteiger partial charge in [-0.3, -0.25) is 4.98 Å². The fourth-order valence-corrected chi connectivity index (χ4v) is 1.95. The molecule has 1 aliphatic heterocycles. The normalized spacial score (nSPS) is 13.4. The molecule has 0 amide bonds.